The Kier molecular flexibility index (Phi) is 4.21. The van der Waals surface area contributed by atoms with Crippen LogP contribution < -0.4 is 0 Å². The first-order valence-electron chi connectivity index (χ1n) is 11.2. The fraction of sp³-hybridized carbons (Fsp3) is 0.842. The van der Waals surface area contributed by atoms with Crippen molar-refractivity contribution in [2.45, 2.75) is 67.8 Å². The molecular weight excluding hydrogens is 325 g/mol. The van der Waals surface area contributed by atoms with Gasteiger partial charge in [-0.3, -0.25) is 4.79 Å². The van der Waals surface area contributed by atoms with Crippen molar-refractivity contribution in [3.8, 4) is 0 Å². The van der Waals surface area contributed by atoms with Gasteiger partial charge in [-0.25, -0.2) is 0 Å². The molecule has 0 bridgehead atoms. The van der Waals surface area contributed by atoms with Crippen LogP contribution in [0.1, 0.15) is 46.0 Å². The summed E-state index contributed by atoms with van der Waals surface area (Å²) in [6.07, 6.45) is 5.30. The third-order valence-electron chi connectivity index (χ3n) is 9.58. The Morgan fingerprint density at radius 1 is 1.04 bits per heavy atom. The highest BCUT2D eigenvalue weighted by Gasteiger charge is 2.65. The molecule has 8 heteroatoms. The molecule has 1 N–H and O–H groups in total. The lowest BCUT2D eigenvalue weighted by Crippen LogP contribution is -2.58. The molecule has 140 valence electrons. The summed E-state index contributed by atoms with van der Waals surface area (Å²) in [5.41, 5.74) is 2.61. The van der Waals surface area contributed by atoms with Crippen molar-refractivity contribution in [2.75, 3.05) is 0 Å². The predicted molar refractivity (Wildman–Crippen MR) is 128 cm³/mol. The van der Waals surface area contributed by atoms with Crippen LogP contribution >= 0.6 is 0 Å². The Balaban J connectivity index is 1.90. The van der Waals surface area contributed by atoms with E-state index in [-0.39, 0.29) is 27.3 Å². The number of carbonyl (C=O) groups is 1. The molecule has 0 aliphatic heterocycles. The second-order valence-electron chi connectivity index (χ2n) is 12.5. The van der Waals surface area contributed by atoms with Crippen LogP contribution in [-0.2, 0) is 4.79 Å². The van der Waals surface area contributed by atoms with E-state index in [1.807, 2.05) is 0 Å². The highest BCUT2D eigenvalue weighted by atomic mass is 16.3. The average Bonchev–Trinajstić information content (AvgIpc) is 2.78. The molecule has 0 aromatic rings. The normalized spacial score (nSPS) is 50.6. The van der Waals surface area contributed by atoms with Gasteiger partial charge in [0.25, 0.3) is 0 Å². The van der Waals surface area contributed by atoms with Crippen LogP contribution in [0.25, 0.3) is 0 Å². The molecule has 0 spiro atoms. The smallest absolute Gasteiger partial charge is 0.143 e. The van der Waals surface area contributed by atoms with Gasteiger partial charge in [-0.15, -0.1) is 0 Å². The maximum absolute atomic E-state index is 13.2. The maximum atomic E-state index is 13.2. The number of hydrogen-bond acceptors (Lipinski definition) is 2. The highest BCUT2D eigenvalue weighted by Crippen LogP contribution is 2.74. The second-order valence-corrected chi connectivity index (χ2v) is 12.5. The largest absolute Gasteiger partial charge is 0.393 e. The van der Waals surface area contributed by atoms with Gasteiger partial charge in [-0.05, 0) is 64.3 Å². The molecular formula is C19H34B6O2. The lowest BCUT2D eigenvalue weighted by atomic mass is 9.24. The molecule has 3 saturated carbocycles. The van der Waals surface area contributed by atoms with Crippen LogP contribution in [0.5, 0.6) is 0 Å². The van der Waals surface area contributed by atoms with Crippen LogP contribution in [-0.4, -0.2) is 64.1 Å². The number of ketones is 1. The molecule has 4 rings (SSSR count). The molecule has 0 aromatic carbocycles. The van der Waals surface area contributed by atoms with E-state index < -0.39 is 0 Å². The third-order valence-corrected chi connectivity index (χ3v) is 9.58. The number of Topliss-reactive ketones (excluding diaryl/α,β-unsaturated/α-hetero) is 1. The van der Waals surface area contributed by atoms with E-state index in [0.717, 1.165) is 24.7 Å². The topological polar surface area (TPSA) is 37.3 Å². The molecule has 0 saturated heterocycles. The predicted octanol–water partition coefficient (Wildman–Crippen LogP) is -2.14. The molecule has 0 radical (unpaired) electrons. The Hall–Kier alpha value is -0.240. The third kappa shape index (κ3) is 2.47. The molecule has 4 aliphatic rings. The fourth-order valence-corrected chi connectivity index (χ4v) is 9.49. The number of hydrogen-bond donors (Lipinski definition) is 1. The van der Waals surface area contributed by atoms with Crippen molar-refractivity contribution >= 4 is 52.9 Å². The SMILES string of the molecule is BC1=C2C(B)(B)CC3C(C(C)CC4(C)C(O)CCC34)C2(B)CC(B)(B)C1=O. The Morgan fingerprint density at radius 3 is 2.30 bits per heavy atom. The summed E-state index contributed by atoms with van der Waals surface area (Å²) in [6.45, 7) is 4.80. The van der Waals surface area contributed by atoms with Crippen LogP contribution in [0, 0.1) is 29.1 Å². The number of carbonyl (C=O) groups excluding carboxylic acids is 1. The van der Waals surface area contributed by atoms with E-state index in [1.54, 1.807) is 0 Å². The van der Waals surface area contributed by atoms with E-state index in [4.69, 9.17) is 0 Å². The summed E-state index contributed by atoms with van der Waals surface area (Å²) in [7, 11) is 13.7. The van der Waals surface area contributed by atoms with E-state index in [2.05, 4.69) is 60.9 Å². The first-order valence-corrected chi connectivity index (χ1v) is 11.2. The number of rotatable bonds is 0. The lowest BCUT2D eigenvalue weighted by molar-refractivity contribution is -0.118. The van der Waals surface area contributed by atoms with Crippen molar-refractivity contribution in [1.82, 2.24) is 0 Å². The highest BCUT2D eigenvalue weighted by molar-refractivity contribution is 6.59. The molecule has 0 aromatic heterocycles. The van der Waals surface area contributed by atoms with Gasteiger partial charge in [0, 0.05) is 0 Å². The first-order chi connectivity index (χ1) is 12.3. The zero-order chi connectivity index (χ0) is 20.2. The van der Waals surface area contributed by atoms with Crippen molar-refractivity contribution < 1.29 is 9.90 Å². The van der Waals surface area contributed by atoms with Crippen molar-refractivity contribution in [2.24, 2.45) is 29.1 Å². The minimum Gasteiger partial charge on any atom is -0.393 e. The van der Waals surface area contributed by atoms with Gasteiger partial charge in [0.05, 0.1) is 6.10 Å². The summed E-state index contributed by atoms with van der Waals surface area (Å²) < 4.78 is 0. The van der Waals surface area contributed by atoms with Crippen LogP contribution in [0.15, 0.2) is 11.0 Å². The van der Waals surface area contributed by atoms with Gasteiger partial charge in [0.15, 0.2) is 0 Å². The van der Waals surface area contributed by atoms with Gasteiger partial charge in [0.1, 0.15) is 52.9 Å². The maximum Gasteiger partial charge on any atom is 0.143 e. The monoisotopic (exact) mass is 360 g/mol. The number of aliphatic hydroxyl groups excluding tert-OH is 1. The quantitative estimate of drug-likeness (QED) is 0.501. The molecule has 2 nitrogen and oxygen atoms in total. The van der Waals surface area contributed by atoms with Crippen LogP contribution in [0.2, 0.25) is 15.7 Å². The fourth-order valence-electron chi connectivity index (χ4n) is 9.49. The Bertz CT molecular complexity index is 734. The van der Waals surface area contributed by atoms with Crippen molar-refractivity contribution in [3.63, 3.8) is 0 Å². The molecule has 0 heterocycles. The summed E-state index contributed by atoms with van der Waals surface area (Å²) in [4.78, 5) is 13.2. The number of allylic oxidation sites excluding steroid dienone is 1. The molecule has 3 fully saturated rings. The minimum absolute atomic E-state index is 0.0671. The van der Waals surface area contributed by atoms with Crippen LogP contribution in [0.3, 0.4) is 0 Å². The minimum atomic E-state index is -0.268. The zero-order valence-corrected chi connectivity index (χ0v) is 18.8. The lowest BCUT2D eigenvalue weighted by Gasteiger charge is -2.66. The molecule has 4 aliphatic carbocycles. The molecule has 7 atom stereocenters. The van der Waals surface area contributed by atoms with E-state index in [0.29, 0.717) is 29.5 Å². The van der Waals surface area contributed by atoms with E-state index >= 15 is 0 Å². The molecule has 27 heavy (non-hydrogen) atoms. The van der Waals surface area contributed by atoms with E-state index in [1.165, 1.54) is 18.4 Å². The average molecular weight is 359 g/mol. The Labute approximate surface area is 170 Å². The summed E-state index contributed by atoms with van der Waals surface area (Å²) >= 11 is 0. The summed E-state index contributed by atoms with van der Waals surface area (Å²) in [5, 5.41) is 10.7. The second kappa shape index (κ2) is 5.67. The van der Waals surface area contributed by atoms with Gasteiger partial charge in [-0.2, -0.15) is 0 Å². The molecule has 0 amide bonds. The number of fused-ring (bicyclic) bond motifs is 5. The van der Waals surface area contributed by atoms with E-state index in [9.17, 15) is 9.90 Å². The summed E-state index contributed by atoms with van der Waals surface area (Å²) in [5.74, 6) is 2.89. The van der Waals surface area contributed by atoms with Gasteiger partial charge >= 0.3 is 0 Å². The van der Waals surface area contributed by atoms with Gasteiger partial charge in [-0.1, -0.05) is 37.5 Å². The van der Waals surface area contributed by atoms with Gasteiger partial charge in [0.2, 0.25) is 0 Å². The molecule has 7 unspecified atom stereocenters. The van der Waals surface area contributed by atoms with Crippen LogP contribution in [0.4, 0.5) is 0 Å². The first kappa shape index (κ1) is 20.0. The van der Waals surface area contributed by atoms with Crippen molar-refractivity contribution in [1.29, 1.82) is 0 Å². The Morgan fingerprint density at radius 2 is 1.67 bits per heavy atom. The zero-order valence-electron chi connectivity index (χ0n) is 18.8. The van der Waals surface area contributed by atoms with Crippen molar-refractivity contribution in [3.05, 3.63) is 11.0 Å². The standard InChI is InChI=1S/C19H34B6O2/c1-8-5-16(2)10(3-4-11(16)26)9-6-18(22,23)14-13(20)15(27)19(24,25)7-17(14,21)12(8)9/h8-12,26H,3-7,20-25H2,1-2H3. The number of aliphatic hydroxyl groups is 1. The summed E-state index contributed by atoms with van der Waals surface area (Å²) in [6, 6.07) is 0. The van der Waals surface area contributed by atoms with Gasteiger partial charge < -0.3 is 5.11 Å².